The number of methoxy groups -OCH3 is 1. The first-order valence-corrected chi connectivity index (χ1v) is 17.9. The summed E-state index contributed by atoms with van der Waals surface area (Å²) in [6, 6.07) is 20.5. The van der Waals surface area contributed by atoms with Crippen molar-refractivity contribution in [1.29, 1.82) is 0 Å². The zero-order valence-electron chi connectivity index (χ0n) is 30.5. The Bertz CT molecular complexity index is 1790. The third kappa shape index (κ3) is 10.4. The van der Waals surface area contributed by atoms with Crippen LogP contribution in [0.5, 0.6) is 17.4 Å². The summed E-state index contributed by atoms with van der Waals surface area (Å²) in [5, 5.41) is 6.03. The number of carbonyl (C=O) groups excluding carboxylic acids is 2. The largest absolute Gasteiger partial charge is 0.495 e. The molecule has 3 aromatic carbocycles. The lowest BCUT2D eigenvalue weighted by atomic mass is 10.0. The van der Waals surface area contributed by atoms with Gasteiger partial charge in [0, 0.05) is 43.0 Å². The van der Waals surface area contributed by atoms with Gasteiger partial charge in [-0.3, -0.25) is 10.1 Å². The second kappa shape index (κ2) is 18.2. The van der Waals surface area contributed by atoms with Gasteiger partial charge in [-0.05, 0) is 101 Å². The van der Waals surface area contributed by atoms with E-state index in [9.17, 15) is 9.59 Å². The van der Waals surface area contributed by atoms with Crippen molar-refractivity contribution in [3.8, 4) is 28.6 Å². The molecular formula is C40H50N6O5. The number of aromatic nitrogens is 2. The molecule has 1 saturated heterocycles. The monoisotopic (exact) mass is 694 g/mol. The van der Waals surface area contributed by atoms with Gasteiger partial charge < -0.3 is 29.3 Å². The number of carbonyl (C=O) groups is 2. The molecule has 11 nitrogen and oxygen atoms in total. The molecule has 1 aliphatic rings. The van der Waals surface area contributed by atoms with Crippen LogP contribution in [-0.4, -0.2) is 78.2 Å². The Kier molecular flexibility index (Phi) is 13.2. The summed E-state index contributed by atoms with van der Waals surface area (Å²) in [4.78, 5) is 39.5. The van der Waals surface area contributed by atoms with Crippen molar-refractivity contribution in [2.75, 3.05) is 57.1 Å². The third-order valence-electron chi connectivity index (χ3n) is 9.18. The minimum absolute atomic E-state index is 0.0254. The molecule has 1 fully saturated rings. The number of hydrogen-bond donors (Lipinski definition) is 2. The average Bonchev–Trinajstić information content (AvgIpc) is 3.13. The van der Waals surface area contributed by atoms with Gasteiger partial charge in [0.2, 0.25) is 17.7 Å². The summed E-state index contributed by atoms with van der Waals surface area (Å²) in [6.07, 6.45) is 4.34. The summed E-state index contributed by atoms with van der Waals surface area (Å²) in [6.45, 7) is 13.3. The maximum atomic E-state index is 13.2. The fraction of sp³-hybridized carbons (Fsp3) is 0.400. The highest BCUT2D eigenvalue weighted by Gasteiger charge is 2.17. The standard InChI is InChI=1S/C40H50N6O5/c1-6-46(7-2)38(47)25-30-18-19-34(36(24-30)49-5)43-40(48)51-37-27-35(33-17-11-14-28(3)29(33)4)42-39(44-37)41-31-15-12-16-32(26-31)50-23-13-22-45-20-9-8-10-21-45/h11-12,14-19,24,26-27H,6-10,13,20-23,25H2,1-5H3,(H,43,48)(H,41,42,44). The van der Waals surface area contributed by atoms with E-state index in [1.165, 1.54) is 39.5 Å². The molecule has 2 heterocycles. The van der Waals surface area contributed by atoms with Gasteiger partial charge in [-0.1, -0.05) is 36.8 Å². The number of amides is 2. The number of nitrogens with one attached hydrogen (secondary N) is 2. The smallest absolute Gasteiger partial charge is 0.418 e. The molecule has 1 aliphatic heterocycles. The van der Waals surface area contributed by atoms with E-state index in [0.717, 1.165) is 46.7 Å². The molecular weight excluding hydrogens is 644 g/mol. The molecule has 270 valence electrons. The molecule has 1 aromatic heterocycles. The van der Waals surface area contributed by atoms with Crippen LogP contribution in [0.3, 0.4) is 0 Å². The molecule has 0 aliphatic carbocycles. The predicted octanol–water partition coefficient (Wildman–Crippen LogP) is 7.79. The lowest BCUT2D eigenvalue weighted by Crippen LogP contribution is -2.31. The highest BCUT2D eigenvalue weighted by Crippen LogP contribution is 2.30. The first kappa shape index (κ1) is 37.1. The van der Waals surface area contributed by atoms with Crippen LogP contribution in [0.2, 0.25) is 0 Å². The second-order valence-corrected chi connectivity index (χ2v) is 12.7. The molecule has 0 bridgehead atoms. The summed E-state index contributed by atoms with van der Waals surface area (Å²) in [5.74, 6) is 1.51. The number of hydrogen-bond acceptors (Lipinski definition) is 9. The number of benzene rings is 3. The number of piperidine rings is 1. The molecule has 0 saturated carbocycles. The summed E-state index contributed by atoms with van der Waals surface area (Å²) in [7, 11) is 1.51. The summed E-state index contributed by atoms with van der Waals surface area (Å²) in [5.41, 5.74) is 5.58. The minimum atomic E-state index is -0.753. The lowest BCUT2D eigenvalue weighted by molar-refractivity contribution is -0.130. The number of rotatable bonds is 15. The first-order chi connectivity index (χ1) is 24.8. The van der Waals surface area contributed by atoms with Gasteiger partial charge in [-0.15, -0.1) is 0 Å². The molecule has 4 aromatic rings. The van der Waals surface area contributed by atoms with E-state index in [0.29, 0.717) is 36.8 Å². The highest BCUT2D eigenvalue weighted by molar-refractivity contribution is 5.88. The molecule has 0 spiro atoms. The van der Waals surface area contributed by atoms with Crippen LogP contribution in [0.15, 0.2) is 66.7 Å². The Morgan fingerprint density at radius 1 is 0.922 bits per heavy atom. The van der Waals surface area contributed by atoms with Gasteiger partial charge >= 0.3 is 6.09 Å². The van der Waals surface area contributed by atoms with Gasteiger partial charge in [0.1, 0.15) is 11.5 Å². The average molecular weight is 695 g/mol. The first-order valence-electron chi connectivity index (χ1n) is 17.9. The number of likely N-dealkylation sites (tertiary alicyclic amines) is 1. The lowest BCUT2D eigenvalue weighted by Gasteiger charge is -2.26. The number of ether oxygens (including phenoxy) is 3. The highest BCUT2D eigenvalue weighted by atomic mass is 16.6. The Hall–Kier alpha value is -5.16. The maximum Gasteiger partial charge on any atom is 0.418 e. The molecule has 2 amide bonds. The van der Waals surface area contributed by atoms with Crippen LogP contribution in [0, 0.1) is 13.8 Å². The van der Waals surface area contributed by atoms with Crippen LogP contribution >= 0.6 is 0 Å². The zero-order chi connectivity index (χ0) is 36.2. The van der Waals surface area contributed by atoms with E-state index in [1.54, 1.807) is 29.2 Å². The maximum absolute atomic E-state index is 13.2. The normalized spacial score (nSPS) is 13.0. The number of aryl methyl sites for hydroxylation is 1. The van der Waals surface area contributed by atoms with Gasteiger partial charge in [0.15, 0.2) is 0 Å². The van der Waals surface area contributed by atoms with Gasteiger partial charge in [-0.2, -0.15) is 4.98 Å². The molecule has 51 heavy (non-hydrogen) atoms. The quantitative estimate of drug-likeness (QED) is 0.120. The van der Waals surface area contributed by atoms with Gasteiger partial charge in [-0.25, -0.2) is 9.78 Å². The molecule has 2 N–H and O–H groups in total. The predicted molar refractivity (Wildman–Crippen MR) is 201 cm³/mol. The Balaban J connectivity index is 1.31. The Labute approximate surface area is 301 Å². The number of nitrogens with zero attached hydrogens (tertiary/aromatic N) is 4. The number of likely N-dealkylation sites (N-methyl/N-ethyl adjacent to an activating group) is 1. The second-order valence-electron chi connectivity index (χ2n) is 12.7. The van der Waals surface area contributed by atoms with Crippen molar-refractivity contribution in [1.82, 2.24) is 19.8 Å². The fourth-order valence-corrected chi connectivity index (χ4v) is 6.20. The molecule has 0 radical (unpaired) electrons. The van der Waals surface area contributed by atoms with Crippen molar-refractivity contribution in [3.05, 3.63) is 83.4 Å². The number of anilines is 3. The van der Waals surface area contributed by atoms with Crippen LogP contribution in [-0.2, 0) is 11.2 Å². The topological polar surface area (TPSA) is 118 Å². The van der Waals surface area contributed by atoms with Crippen molar-refractivity contribution in [2.45, 2.75) is 59.8 Å². The minimum Gasteiger partial charge on any atom is -0.495 e. The van der Waals surface area contributed by atoms with Crippen LogP contribution in [0.1, 0.15) is 56.2 Å². The molecule has 11 heteroatoms. The summed E-state index contributed by atoms with van der Waals surface area (Å²) < 4.78 is 17.4. The van der Waals surface area contributed by atoms with Crippen molar-refractivity contribution in [3.63, 3.8) is 0 Å². The zero-order valence-corrected chi connectivity index (χ0v) is 30.5. The van der Waals surface area contributed by atoms with Crippen molar-refractivity contribution in [2.24, 2.45) is 0 Å². The van der Waals surface area contributed by atoms with Crippen LogP contribution in [0.25, 0.3) is 11.3 Å². The van der Waals surface area contributed by atoms with Crippen molar-refractivity contribution < 1.29 is 23.8 Å². The SMILES string of the molecule is CCN(CC)C(=O)Cc1ccc(NC(=O)Oc2cc(-c3cccc(C)c3C)nc(Nc3cccc(OCCCN4CCCCC4)c3)n2)c(OC)c1. The Morgan fingerprint density at radius 2 is 1.71 bits per heavy atom. The van der Waals surface area contributed by atoms with Gasteiger partial charge in [0.05, 0.1) is 31.5 Å². The van der Waals surface area contributed by atoms with Crippen LogP contribution in [0.4, 0.5) is 22.1 Å². The van der Waals surface area contributed by atoms with Crippen molar-refractivity contribution >= 4 is 29.3 Å². The van der Waals surface area contributed by atoms with Crippen LogP contribution < -0.4 is 24.8 Å². The molecule has 0 unspecified atom stereocenters. The fourth-order valence-electron chi connectivity index (χ4n) is 6.20. The summed E-state index contributed by atoms with van der Waals surface area (Å²) >= 11 is 0. The van der Waals surface area contributed by atoms with E-state index < -0.39 is 6.09 Å². The van der Waals surface area contributed by atoms with E-state index in [1.807, 2.05) is 70.2 Å². The Morgan fingerprint density at radius 3 is 2.47 bits per heavy atom. The van der Waals surface area contributed by atoms with Gasteiger partial charge in [0.25, 0.3) is 0 Å². The third-order valence-corrected chi connectivity index (χ3v) is 9.18. The van der Waals surface area contributed by atoms with E-state index >= 15 is 0 Å². The van der Waals surface area contributed by atoms with E-state index in [-0.39, 0.29) is 24.2 Å². The molecule has 5 rings (SSSR count). The molecule has 0 atom stereocenters. The van der Waals surface area contributed by atoms with E-state index in [4.69, 9.17) is 19.2 Å². The van der Waals surface area contributed by atoms with E-state index in [2.05, 4.69) is 20.5 Å².